The molecule has 3 rings (SSSR count). The van der Waals surface area contributed by atoms with Gasteiger partial charge >= 0.3 is 0 Å². The number of piperidine rings is 1. The van der Waals surface area contributed by atoms with Crippen LogP contribution in [0.15, 0.2) is 28.7 Å². The van der Waals surface area contributed by atoms with Crippen molar-refractivity contribution in [2.24, 2.45) is 0 Å². The molecule has 0 saturated carbocycles. The number of carbonyl (C=O) groups is 2. The molecule has 142 valence electrons. The van der Waals surface area contributed by atoms with E-state index in [0.29, 0.717) is 19.5 Å². The van der Waals surface area contributed by atoms with Crippen molar-refractivity contribution in [3.63, 3.8) is 0 Å². The van der Waals surface area contributed by atoms with Crippen LogP contribution in [0.2, 0.25) is 0 Å². The number of hydrogen-bond donors (Lipinski definition) is 0. The number of benzene rings is 1. The van der Waals surface area contributed by atoms with Crippen molar-refractivity contribution in [1.29, 1.82) is 0 Å². The van der Waals surface area contributed by atoms with E-state index in [4.69, 9.17) is 0 Å². The van der Waals surface area contributed by atoms with Crippen LogP contribution >= 0.6 is 15.9 Å². The van der Waals surface area contributed by atoms with Gasteiger partial charge in [0.1, 0.15) is 0 Å². The molecule has 6 heteroatoms. The van der Waals surface area contributed by atoms with E-state index in [0.717, 1.165) is 49.1 Å². The predicted octanol–water partition coefficient (Wildman–Crippen LogP) is 2.54. The van der Waals surface area contributed by atoms with Crippen LogP contribution in [0, 0.1) is 0 Å². The van der Waals surface area contributed by atoms with E-state index in [1.165, 1.54) is 6.42 Å². The molecule has 5 nitrogen and oxygen atoms in total. The summed E-state index contributed by atoms with van der Waals surface area (Å²) in [7, 11) is 0. The Morgan fingerprint density at radius 2 is 1.54 bits per heavy atom. The summed E-state index contributed by atoms with van der Waals surface area (Å²) < 4.78 is 1.02. The average molecular weight is 422 g/mol. The highest BCUT2D eigenvalue weighted by molar-refractivity contribution is 9.10. The van der Waals surface area contributed by atoms with Crippen LogP contribution in [0.4, 0.5) is 0 Å². The van der Waals surface area contributed by atoms with E-state index in [9.17, 15) is 9.59 Å². The Bertz CT molecular complexity index is 620. The Morgan fingerprint density at radius 3 is 2.15 bits per heavy atom. The monoisotopic (exact) mass is 421 g/mol. The molecule has 1 aromatic rings. The van der Waals surface area contributed by atoms with Crippen LogP contribution in [0.5, 0.6) is 0 Å². The predicted molar refractivity (Wildman–Crippen MR) is 106 cm³/mol. The van der Waals surface area contributed by atoms with Gasteiger partial charge in [-0.3, -0.25) is 14.5 Å². The molecule has 0 bridgehead atoms. The molecule has 0 spiro atoms. The van der Waals surface area contributed by atoms with Gasteiger partial charge in [-0.15, -0.1) is 0 Å². The molecule has 0 N–H and O–H groups in total. The highest BCUT2D eigenvalue weighted by Crippen LogP contribution is 2.15. The van der Waals surface area contributed by atoms with Crippen LogP contribution in [0.3, 0.4) is 0 Å². The van der Waals surface area contributed by atoms with Crippen LogP contribution in [-0.4, -0.2) is 71.8 Å². The van der Waals surface area contributed by atoms with E-state index in [-0.39, 0.29) is 17.9 Å². The second-order valence-electron chi connectivity index (χ2n) is 7.28. The normalized spacial score (nSPS) is 20.1. The molecule has 2 saturated heterocycles. The van der Waals surface area contributed by atoms with E-state index in [1.807, 2.05) is 41.0 Å². The van der Waals surface area contributed by atoms with E-state index in [1.54, 1.807) is 0 Å². The molecule has 1 aromatic carbocycles. The first-order valence-corrected chi connectivity index (χ1v) is 10.4. The molecule has 2 fully saturated rings. The highest BCUT2D eigenvalue weighted by atomic mass is 79.9. The van der Waals surface area contributed by atoms with Crippen molar-refractivity contribution in [3.8, 4) is 0 Å². The number of rotatable bonds is 4. The molecule has 0 aliphatic carbocycles. The van der Waals surface area contributed by atoms with Crippen molar-refractivity contribution in [2.45, 2.75) is 38.6 Å². The molecule has 2 heterocycles. The fraction of sp³-hybridized carbons (Fsp3) is 0.600. The van der Waals surface area contributed by atoms with Gasteiger partial charge in [0.15, 0.2) is 0 Å². The van der Waals surface area contributed by atoms with Gasteiger partial charge in [-0.05, 0) is 43.9 Å². The second-order valence-corrected chi connectivity index (χ2v) is 8.20. The van der Waals surface area contributed by atoms with Crippen LogP contribution in [-0.2, 0) is 16.0 Å². The zero-order chi connectivity index (χ0) is 18.5. The third-order valence-corrected chi connectivity index (χ3v) is 6.04. The van der Waals surface area contributed by atoms with Crippen molar-refractivity contribution >= 4 is 27.7 Å². The van der Waals surface area contributed by atoms with Gasteiger partial charge in [0.2, 0.25) is 11.8 Å². The number of hydrogen-bond acceptors (Lipinski definition) is 3. The summed E-state index contributed by atoms with van der Waals surface area (Å²) in [5.74, 6) is 0.418. The number of halogens is 1. The molecule has 2 amide bonds. The summed E-state index contributed by atoms with van der Waals surface area (Å²) in [6, 6.07) is 7.81. The summed E-state index contributed by atoms with van der Waals surface area (Å²) in [6.45, 7) is 6.75. The molecule has 1 atom stereocenters. The molecular formula is C20H28BrN3O2. The average Bonchev–Trinajstić information content (AvgIpc) is 2.69. The first-order valence-electron chi connectivity index (χ1n) is 9.59. The van der Waals surface area contributed by atoms with Gasteiger partial charge in [0.05, 0.1) is 12.5 Å². The molecule has 0 radical (unpaired) electrons. The largest absolute Gasteiger partial charge is 0.341 e. The minimum Gasteiger partial charge on any atom is -0.341 e. The number of carbonyl (C=O) groups excluding carboxylic acids is 2. The summed E-state index contributed by atoms with van der Waals surface area (Å²) >= 11 is 3.42. The van der Waals surface area contributed by atoms with Gasteiger partial charge in [0.25, 0.3) is 0 Å². The zero-order valence-corrected chi connectivity index (χ0v) is 17.1. The van der Waals surface area contributed by atoms with Gasteiger partial charge in [-0.25, -0.2) is 0 Å². The van der Waals surface area contributed by atoms with Crippen LogP contribution < -0.4 is 0 Å². The van der Waals surface area contributed by atoms with Crippen molar-refractivity contribution < 1.29 is 9.59 Å². The summed E-state index contributed by atoms with van der Waals surface area (Å²) in [4.78, 5) is 31.4. The summed E-state index contributed by atoms with van der Waals surface area (Å²) in [5, 5.41) is 0. The molecule has 0 aromatic heterocycles. The smallest absolute Gasteiger partial charge is 0.239 e. The first kappa shape index (κ1) is 19.4. The first-order chi connectivity index (χ1) is 12.5. The minimum absolute atomic E-state index is 0.0863. The Kier molecular flexibility index (Phi) is 6.70. The number of amides is 2. The third kappa shape index (κ3) is 4.86. The van der Waals surface area contributed by atoms with Gasteiger partial charge in [-0.1, -0.05) is 28.1 Å². The summed E-state index contributed by atoms with van der Waals surface area (Å²) in [5.41, 5.74) is 1.04. The van der Waals surface area contributed by atoms with Crippen molar-refractivity contribution in [3.05, 3.63) is 34.3 Å². The van der Waals surface area contributed by atoms with Crippen molar-refractivity contribution in [2.75, 3.05) is 39.3 Å². The number of piperazine rings is 1. The topological polar surface area (TPSA) is 43.9 Å². The number of likely N-dealkylation sites (tertiary alicyclic amines) is 1. The third-order valence-electron chi connectivity index (χ3n) is 5.51. The van der Waals surface area contributed by atoms with Crippen LogP contribution in [0.1, 0.15) is 31.7 Å². The Balaban J connectivity index is 1.47. The molecule has 2 aliphatic rings. The Labute approximate surface area is 164 Å². The van der Waals surface area contributed by atoms with E-state index in [2.05, 4.69) is 20.8 Å². The highest BCUT2D eigenvalue weighted by Gasteiger charge is 2.30. The lowest BCUT2D eigenvalue weighted by Crippen LogP contribution is -2.56. The van der Waals surface area contributed by atoms with Crippen molar-refractivity contribution in [1.82, 2.24) is 14.7 Å². The lowest BCUT2D eigenvalue weighted by Gasteiger charge is -2.39. The van der Waals surface area contributed by atoms with E-state index < -0.39 is 0 Å². The molecule has 26 heavy (non-hydrogen) atoms. The summed E-state index contributed by atoms with van der Waals surface area (Å²) in [6.07, 6.45) is 3.92. The number of nitrogens with zero attached hydrogens (tertiary/aromatic N) is 3. The maximum Gasteiger partial charge on any atom is 0.239 e. The minimum atomic E-state index is -0.0863. The lowest BCUT2D eigenvalue weighted by molar-refractivity contribution is -0.139. The maximum atomic E-state index is 12.7. The fourth-order valence-corrected chi connectivity index (χ4v) is 4.05. The van der Waals surface area contributed by atoms with Crippen LogP contribution in [0.25, 0.3) is 0 Å². The zero-order valence-electron chi connectivity index (χ0n) is 15.5. The molecular weight excluding hydrogens is 394 g/mol. The SMILES string of the molecule is CC(C(=O)N1CCCCC1)N1CCN(C(=O)Cc2ccc(Br)cc2)CC1. The second kappa shape index (κ2) is 9.00. The van der Waals surface area contributed by atoms with Gasteiger partial charge in [-0.2, -0.15) is 0 Å². The lowest BCUT2D eigenvalue weighted by atomic mass is 10.1. The Morgan fingerprint density at radius 1 is 0.923 bits per heavy atom. The van der Waals surface area contributed by atoms with Gasteiger partial charge < -0.3 is 9.80 Å². The molecule has 2 aliphatic heterocycles. The quantitative estimate of drug-likeness (QED) is 0.749. The Hall–Kier alpha value is -1.40. The fourth-order valence-electron chi connectivity index (χ4n) is 3.78. The molecule has 1 unspecified atom stereocenters. The standard InChI is InChI=1S/C20H28BrN3O2/c1-16(20(26)24-9-3-2-4-10-24)22-11-13-23(14-12-22)19(25)15-17-5-7-18(21)8-6-17/h5-8,16H,2-4,9-15H2,1H3. The van der Waals surface area contributed by atoms with E-state index >= 15 is 0 Å². The maximum absolute atomic E-state index is 12.7. The van der Waals surface area contributed by atoms with Gasteiger partial charge in [0, 0.05) is 43.7 Å².